The molecule has 0 bridgehead atoms. The monoisotopic (exact) mass is 322 g/mol. The molecule has 0 atom stereocenters. The van der Waals surface area contributed by atoms with Gasteiger partial charge < -0.3 is 14.6 Å². The average Bonchev–Trinajstić information content (AvgIpc) is 2.91. The molecular weight excluding hydrogens is 308 g/mol. The smallest absolute Gasteiger partial charge is 0.348 e. The summed E-state index contributed by atoms with van der Waals surface area (Å²) in [6.07, 6.45) is 0. The van der Waals surface area contributed by atoms with Crippen LogP contribution in [-0.2, 0) is 19.1 Å². The molecule has 0 spiro atoms. The Morgan fingerprint density at radius 3 is 2.17 bits per heavy atom. The van der Waals surface area contributed by atoms with E-state index in [1.165, 1.54) is 7.11 Å². The van der Waals surface area contributed by atoms with E-state index in [0.29, 0.717) is 11.1 Å². The SMILES string of the molecule is COC(=O)/C(=C1\OC(=O)C(c2ccccc2)=C1O)c1ccccc1. The van der Waals surface area contributed by atoms with Crippen LogP contribution in [0.1, 0.15) is 11.1 Å². The molecule has 2 aromatic carbocycles. The summed E-state index contributed by atoms with van der Waals surface area (Å²) >= 11 is 0. The Labute approximate surface area is 138 Å². The highest BCUT2D eigenvalue weighted by molar-refractivity contribution is 6.25. The van der Waals surface area contributed by atoms with E-state index in [2.05, 4.69) is 0 Å². The fourth-order valence-corrected chi connectivity index (χ4v) is 2.48. The highest BCUT2D eigenvalue weighted by Crippen LogP contribution is 2.36. The van der Waals surface area contributed by atoms with Gasteiger partial charge in [0.15, 0.2) is 11.5 Å². The van der Waals surface area contributed by atoms with Crippen LogP contribution in [0.2, 0.25) is 0 Å². The maximum absolute atomic E-state index is 12.2. The van der Waals surface area contributed by atoms with Crippen molar-refractivity contribution < 1.29 is 24.2 Å². The van der Waals surface area contributed by atoms with Crippen LogP contribution < -0.4 is 0 Å². The first-order chi connectivity index (χ1) is 11.6. The fourth-order valence-electron chi connectivity index (χ4n) is 2.48. The van der Waals surface area contributed by atoms with E-state index in [0.717, 1.165) is 0 Å². The Kier molecular flexibility index (Phi) is 4.16. The standard InChI is InChI=1S/C19H14O5/c1-23-18(21)15(13-10-6-3-7-11-13)17-16(20)14(19(22)24-17)12-8-4-2-5-9-12/h2-11,20H,1H3/b17-15-. The zero-order valence-corrected chi connectivity index (χ0v) is 12.9. The lowest BCUT2D eigenvalue weighted by molar-refractivity contribution is -0.134. The molecule has 1 aliphatic rings. The van der Waals surface area contributed by atoms with Crippen molar-refractivity contribution in [2.24, 2.45) is 0 Å². The molecule has 3 rings (SSSR count). The van der Waals surface area contributed by atoms with Gasteiger partial charge in [0.1, 0.15) is 11.1 Å². The molecule has 0 aromatic heterocycles. The lowest BCUT2D eigenvalue weighted by atomic mass is 10.0. The van der Waals surface area contributed by atoms with Crippen molar-refractivity contribution in [3.63, 3.8) is 0 Å². The number of esters is 2. The van der Waals surface area contributed by atoms with Crippen LogP contribution in [0.4, 0.5) is 0 Å². The molecule has 0 saturated carbocycles. The molecule has 0 aliphatic carbocycles. The van der Waals surface area contributed by atoms with Gasteiger partial charge >= 0.3 is 11.9 Å². The maximum atomic E-state index is 12.2. The van der Waals surface area contributed by atoms with Crippen LogP contribution >= 0.6 is 0 Å². The first-order valence-electron chi connectivity index (χ1n) is 7.22. The lowest BCUT2D eigenvalue weighted by Gasteiger charge is -2.09. The molecular formula is C19H14O5. The third-order valence-electron chi connectivity index (χ3n) is 3.59. The highest BCUT2D eigenvalue weighted by Gasteiger charge is 2.35. The minimum Gasteiger partial charge on any atom is -0.504 e. The molecule has 2 aromatic rings. The average molecular weight is 322 g/mol. The predicted molar refractivity (Wildman–Crippen MR) is 87.5 cm³/mol. The Balaban J connectivity index is 2.22. The summed E-state index contributed by atoms with van der Waals surface area (Å²) in [5.41, 5.74) is 0.998. The van der Waals surface area contributed by atoms with Gasteiger partial charge in [-0.15, -0.1) is 0 Å². The first-order valence-corrected chi connectivity index (χ1v) is 7.22. The van der Waals surface area contributed by atoms with E-state index in [1.54, 1.807) is 60.7 Å². The molecule has 0 saturated heterocycles. The molecule has 5 nitrogen and oxygen atoms in total. The molecule has 1 heterocycles. The summed E-state index contributed by atoms with van der Waals surface area (Å²) < 4.78 is 9.98. The van der Waals surface area contributed by atoms with Gasteiger partial charge in [-0.05, 0) is 11.1 Å². The van der Waals surface area contributed by atoms with E-state index in [-0.39, 0.29) is 22.7 Å². The van der Waals surface area contributed by atoms with Gasteiger partial charge in [-0.3, -0.25) is 0 Å². The molecule has 0 fully saturated rings. The third-order valence-corrected chi connectivity index (χ3v) is 3.59. The topological polar surface area (TPSA) is 72.8 Å². The number of ether oxygens (including phenoxy) is 2. The summed E-state index contributed by atoms with van der Waals surface area (Å²) in [5.74, 6) is -2.00. The predicted octanol–water partition coefficient (Wildman–Crippen LogP) is 3.10. The van der Waals surface area contributed by atoms with Crippen molar-refractivity contribution >= 4 is 23.1 Å². The van der Waals surface area contributed by atoms with Gasteiger partial charge in [-0.25, -0.2) is 9.59 Å². The normalized spacial score (nSPS) is 16.0. The van der Waals surface area contributed by atoms with Gasteiger partial charge in [-0.1, -0.05) is 60.7 Å². The number of aliphatic hydroxyl groups is 1. The van der Waals surface area contributed by atoms with Gasteiger partial charge in [0.25, 0.3) is 0 Å². The van der Waals surface area contributed by atoms with Crippen molar-refractivity contribution in [1.29, 1.82) is 0 Å². The quantitative estimate of drug-likeness (QED) is 0.694. The van der Waals surface area contributed by atoms with Crippen molar-refractivity contribution in [2.45, 2.75) is 0 Å². The van der Waals surface area contributed by atoms with E-state index < -0.39 is 11.9 Å². The van der Waals surface area contributed by atoms with Crippen LogP contribution in [-0.4, -0.2) is 24.2 Å². The number of hydrogen-bond donors (Lipinski definition) is 1. The van der Waals surface area contributed by atoms with Crippen LogP contribution in [0.25, 0.3) is 11.1 Å². The summed E-state index contributed by atoms with van der Waals surface area (Å²) in [7, 11) is 1.22. The van der Waals surface area contributed by atoms with Gasteiger partial charge in [0, 0.05) is 0 Å². The summed E-state index contributed by atoms with van der Waals surface area (Å²) in [6.45, 7) is 0. The zero-order valence-electron chi connectivity index (χ0n) is 12.9. The minimum atomic E-state index is -0.717. The van der Waals surface area contributed by atoms with Crippen molar-refractivity contribution in [3.8, 4) is 0 Å². The molecule has 1 aliphatic heterocycles. The van der Waals surface area contributed by atoms with E-state index in [9.17, 15) is 14.7 Å². The Hall–Kier alpha value is -3.34. The van der Waals surface area contributed by atoms with Crippen molar-refractivity contribution in [2.75, 3.05) is 7.11 Å². The Bertz CT molecular complexity index is 848. The second-order valence-corrected chi connectivity index (χ2v) is 5.04. The molecule has 0 unspecified atom stereocenters. The summed E-state index contributed by atoms with van der Waals surface area (Å²) in [5, 5.41) is 10.5. The molecule has 24 heavy (non-hydrogen) atoms. The van der Waals surface area contributed by atoms with E-state index >= 15 is 0 Å². The van der Waals surface area contributed by atoms with Crippen molar-refractivity contribution in [1.82, 2.24) is 0 Å². The Morgan fingerprint density at radius 1 is 1.00 bits per heavy atom. The fraction of sp³-hybridized carbons (Fsp3) is 0.0526. The number of carbonyl (C=O) groups is 2. The number of rotatable bonds is 3. The minimum absolute atomic E-state index is 0.00474. The molecule has 0 radical (unpaired) electrons. The number of methoxy groups -OCH3 is 1. The van der Waals surface area contributed by atoms with Crippen molar-refractivity contribution in [3.05, 3.63) is 83.3 Å². The van der Waals surface area contributed by atoms with Crippen LogP contribution in [0.5, 0.6) is 0 Å². The van der Waals surface area contributed by atoms with Crippen LogP contribution in [0.15, 0.2) is 72.2 Å². The van der Waals surface area contributed by atoms with Gasteiger partial charge in [0.2, 0.25) is 0 Å². The number of hydrogen-bond acceptors (Lipinski definition) is 5. The van der Waals surface area contributed by atoms with E-state index in [4.69, 9.17) is 9.47 Å². The summed E-state index contributed by atoms with van der Waals surface area (Å²) in [4.78, 5) is 24.4. The zero-order chi connectivity index (χ0) is 17.1. The number of carbonyl (C=O) groups excluding carboxylic acids is 2. The lowest BCUT2D eigenvalue weighted by Crippen LogP contribution is -2.09. The summed E-state index contributed by atoms with van der Waals surface area (Å²) in [6, 6.07) is 17.2. The third kappa shape index (κ3) is 2.67. The van der Waals surface area contributed by atoms with Crippen LogP contribution in [0.3, 0.4) is 0 Å². The van der Waals surface area contributed by atoms with E-state index in [1.807, 2.05) is 0 Å². The molecule has 1 N–H and O–H groups in total. The number of benzene rings is 2. The maximum Gasteiger partial charge on any atom is 0.348 e. The molecule has 0 amide bonds. The molecule has 120 valence electrons. The number of cyclic esters (lactones) is 1. The largest absolute Gasteiger partial charge is 0.504 e. The van der Waals surface area contributed by atoms with Gasteiger partial charge in [0.05, 0.1) is 7.11 Å². The first kappa shape index (κ1) is 15.6. The number of aliphatic hydroxyl groups excluding tert-OH is 1. The highest BCUT2D eigenvalue weighted by atomic mass is 16.6. The second-order valence-electron chi connectivity index (χ2n) is 5.04. The molecule has 5 heteroatoms. The second kappa shape index (κ2) is 6.42. The Morgan fingerprint density at radius 2 is 1.58 bits per heavy atom. The van der Waals surface area contributed by atoms with Gasteiger partial charge in [-0.2, -0.15) is 0 Å². The van der Waals surface area contributed by atoms with Crippen LogP contribution in [0, 0.1) is 0 Å².